The number of rotatable bonds is 13. The molecule has 0 fully saturated rings. The Morgan fingerprint density at radius 1 is 1.06 bits per heavy atom. The standard InChI is InChI=1S/C29H47N3O4/c1-10-13-21(6)30-26(33)25(23-16-14-22(12-3)15-17-23)32(18-11-2)27(34)24(19-20(4)5)31-28(35)36-29(7,8)9/h11,14-17,20-21,24-25H,2,10,12-13,18-19H2,1,3-9H3,(H,30,33)(H,31,35). The monoisotopic (exact) mass is 501 g/mol. The van der Waals surface area contributed by atoms with Crippen LogP contribution in [-0.2, 0) is 20.7 Å². The zero-order chi connectivity index (χ0) is 27.5. The van der Waals surface area contributed by atoms with E-state index in [1.807, 2.05) is 45.0 Å². The summed E-state index contributed by atoms with van der Waals surface area (Å²) >= 11 is 0. The number of amides is 3. The largest absolute Gasteiger partial charge is 0.444 e. The number of aryl methyl sites for hydroxylation is 1. The third-order valence-electron chi connectivity index (χ3n) is 5.68. The quantitative estimate of drug-likeness (QED) is 0.347. The van der Waals surface area contributed by atoms with E-state index in [0.717, 1.165) is 24.8 Å². The fourth-order valence-electron chi connectivity index (χ4n) is 4.04. The van der Waals surface area contributed by atoms with E-state index >= 15 is 0 Å². The molecule has 0 radical (unpaired) electrons. The first-order valence-corrected chi connectivity index (χ1v) is 13.1. The van der Waals surface area contributed by atoms with Crippen LogP contribution in [0.1, 0.15) is 91.8 Å². The lowest BCUT2D eigenvalue weighted by Crippen LogP contribution is -2.54. The Morgan fingerprint density at radius 3 is 2.14 bits per heavy atom. The molecule has 2 N–H and O–H groups in total. The average molecular weight is 502 g/mol. The summed E-state index contributed by atoms with van der Waals surface area (Å²) in [5, 5.41) is 5.82. The van der Waals surface area contributed by atoms with Crippen LogP contribution >= 0.6 is 0 Å². The van der Waals surface area contributed by atoms with Crippen LogP contribution in [-0.4, -0.2) is 47.0 Å². The number of carbonyl (C=O) groups is 3. The molecule has 7 nitrogen and oxygen atoms in total. The van der Waals surface area contributed by atoms with Crippen molar-refractivity contribution in [3.8, 4) is 0 Å². The Balaban J connectivity index is 3.44. The van der Waals surface area contributed by atoms with E-state index in [9.17, 15) is 14.4 Å². The van der Waals surface area contributed by atoms with Crippen molar-refractivity contribution in [2.75, 3.05) is 6.54 Å². The van der Waals surface area contributed by atoms with E-state index in [0.29, 0.717) is 12.0 Å². The van der Waals surface area contributed by atoms with Crippen molar-refractivity contribution in [1.82, 2.24) is 15.5 Å². The van der Waals surface area contributed by atoms with Crippen molar-refractivity contribution in [3.63, 3.8) is 0 Å². The van der Waals surface area contributed by atoms with Crippen LogP contribution in [0.25, 0.3) is 0 Å². The molecule has 0 heterocycles. The molecule has 36 heavy (non-hydrogen) atoms. The van der Waals surface area contributed by atoms with E-state index in [4.69, 9.17) is 4.74 Å². The van der Waals surface area contributed by atoms with Crippen LogP contribution in [0.2, 0.25) is 0 Å². The highest BCUT2D eigenvalue weighted by Gasteiger charge is 2.36. The Kier molecular flexibility index (Phi) is 12.7. The first-order valence-electron chi connectivity index (χ1n) is 13.1. The van der Waals surface area contributed by atoms with Gasteiger partial charge in [-0.1, -0.05) is 64.5 Å². The summed E-state index contributed by atoms with van der Waals surface area (Å²) in [7, 11) is 0. The van der Waals surface area contributed by atoms with E-state index in [-0.39, 0.29) is 30.3 Å². The normalized spacial score (nSPS) is 13.9. The van der Waals surface area contributed by atoms with Crippen LogP contribution in [0, 0.1) is 5.92 Å². The molecule has 0 aliphatic carbocycles. The molecule has 1 aromatic carbocycles. The Hall–Kier alpha value is -2.83. The fourth-order valence-corrected chi connectivity index (χ4v) is 4.04. The lowest BCUT2D eigenvalue weighted by Gasteiger charge is -2.35. The highest BCUT2D eigenvalue weighted by Crippen LogP contribution is 2.25. The second kappa shape index (κ2) is 14.7. The molecule has 3 atom stereocenters. The van der Waals surface area contributed by atoms with Gasteiger partial charge in [-0.05, 0) is 64.0 Å². The van der Waals surface area contributed by atoms with Crippen molar-refractivity contribution in [2.45, 2.75) is 105 Å². The molecule has 3 unspecified atom stereocenters. The van der Waals surface area contributed by atoms with Gasteiger partial charge in [0.05, 0.1) is 0 Å². The van der Waals surface area contributed by atoms with Crippen molar-refractivity contribution in [3.05, 3.63) is 48.0 Å². The second-order valence-corrected chi connectivity index (χ2v) is 10.8. The summed E-state index contributed by atoms with van der Waals surface area (Å²) in [6.45, 7) is 19.4. The summed E-state index contributed by atoms with van der Waals surface area (Å²) in [6, 6.07) is 6.00. The molecular formula is C29H47N3O4. The van der Waals surface area contributed by atoms with Crippen molar-refractivity contribution in [1.29, 1.82) is 0 Å². The molecule has 0 bridgehead atoms. The summed E-state index contributed by atoms with van der Waals surface area (Å²) in [5.74, 6) is -0.478. The number of nitrogens with one attached hydrogen (secondary N) is 2. The minimum atomic E-state index is -0.865. The van der Waals surface area contributed by atoms with Gasteiger partial charge in [-0.3, -0.25) is 9.59 Å². The topological polar surface area (TPSA) is 87.7 Å². The van der Waals surface area contributed by atoms with Gasteiger partial charge in [0.15, 0.2) is 0 Å². The summed E-state index contributed by atoms with van der Waals surface area (Å²) in [4.78, 5) is 41.7. The van der Waals surface area contributed by atoms with Crippen molar-refractivity contribution >= 4 is 17.9 Å². The summed E-state index contributed by atoms with van der Waals surface area (Å²) < 4.78 is 5.42. The molecule has 0 aliphatic rings. The third kappa shape index (κ3) is 10.4. The van der Waals surface area contributed by atoms with Crippen molar-refractivity contribution in [2.24, 2.45) is 5.92 Å². The van der Waals surface area contributed by atoms with Crippen LogP contribution in [0.5, 0.6) is 0 Å². The predicted octanol–water partition coefficient (Wildman–Crippen LogP) is 5.55. The molecule has 202 valence electrons. The van der Waals surface area contributed by atoms with Crippen LogP contribution < -0.4 is 10.6 Å². The van der Waals surface area contributed by atoms with Gasteiger partial charge < -0.3 is 20.3 Å². The maximum atomic E-state index is 14.0. The number of carbonyl (C=O) groups excluding carboxylic acids is 3. The molecule has 3 amide bonds. The second-order valence-electron chi connectivity index (χ2n) is 10.8. The van der Waals surface area contributed by atoms with Gasteiger partial charge in [0.1, 0.15) is 17.7 Å². The lowest BCUT2D eigenvalue weighted by atomic mass is 9.98. The minimum Gasteiger partial charge on any atom is -0.444 e. The molecule has 0 aliphatic heterocycles. The highest BCUT2D eigenvalue weighted by atomic mass is 16.6. The Labute approximate surface area is 218 Å². The minimum absolute atomic E-state index is 0.0352. The first kappa shape index (κ1) is 31.2. The number of hydrogen-bond donors (Lipinski definition) is 2. The van der Waals surface area contributed by atoms with E-state index < -0.39 is 23.8 Å². The Morgan fingerprint density at radius 2 is 1.67 bits per heavy atom. The molecule has 0 spiro atoms. The SMILES string of the molecule is C=CCN(C(=O)C(CC(C)C)NC(=O)OC(C)(C)C)C(C(=O)NC(C)CCC)c1ccc(CC)cc1. The van der Waals surface area contributed by atoms with Crippen molar-refractivity contribution < 1.29 is 19.1 Å². The molecule has 1 rings (SSSR count). The average Bonchev–Trinajstić information content (AvgIpc) is 2.76. The Bertz CT molecular complexity index is 858. The zero-order valence-electron chi connectivity index (χ0n) is 23.5. The van der Waals surface area contributed by atoms with Gasteiger partial charge in [-0.2, -0.15) is 0 Å². The van der Waals surface area contributed by atoms with Gasteiger partial charge in [0.25, 0.3) is 0 Å². The summed E-state index contributed by atoms with van der Waals surface area (Å²) in [5.41, 5.74) is 1.15. The van der Waals surface area contributed by atoms with E-state index in [1.54, 1.807) is 26.8 Å². The van der Waals surface area contributed by atoms with Gasteiger partial charge >= 0.3 is 6.09 Å². The molecule has 0 aromatic heterocycles. The van der Waals surface area contributed by atoms with Gasteiger partial charge in [-0.25, -0.2) is 4.79 Å². The van der Waals surface area contributed by atoms with Gasteiger partial charge in [0.2, 0.25) is 11.8 Å². The summed E-state index contributed by atoms with van der Waals surface area (Å²) in [6.07, 6.45) is 3.98. The van der Waals surface area contributed by atoms with E-state index in [1.165, 1.54) is 4.90 Å². The molecule has 0 saturated carbocycles. The number of nitrogens with zero attached hydrogens (tertiary/aromatic N) is 1. The third-order valence-corrected chi connectivity index (χ3v) is 5.68. The van der Waals surface area contributed by atoms with Crippen LogP contribution in [0.4, 0.5) is 4.79 Å². The maximum Gasteiger partial charge on any atom is 0.408 e. The number of benzene rings is 1. The lowest BCUT2D eigenvalue weighted by molar-refractivity contribution is -0.142. The number of hydrogen-bond acceptors (Lipinski definition) is 4. The van der Waals surface area contributed by atoms with Crippen LogP contribution in [0.15, 0.2) is 36.9 Å². The highest BCUT2D eigenvalue weighted by molar-refractivity contribution is 5.92. The van der Waals surface area contributed by atoms with Gasteiger partial charge in [0, 0.05) is 12.6 Å². The van der Waals surface area contributed by atoms with Crippen LogP contribution in [0.3, 0.4) is 0 Å². The molecule has 7 heteroatoms. The molecule has 0 saturated heterocycles. The zero-order valence-corrected chi connectivity index (χ0v) is 23.5. The number of alkyl carbamates (subject to hydrolysis) is 1. The first-order chi connectivity index (χ1) is 16.8. The predicted molar refractivity (Wildman–Crippen MR) is 146 cm³/mol. The maximum absolute atomic E-state index is 14.0. The fraction of sp³-hybridized carbons (Fsp3) is 0.621. The smallest absolute Gasteiger partial charge is 0.408 e. The van der Waals surface area contributed by atoms with E-state index in [2.05, 4.69) is 31.1 Å². The molecule has 1 aromatic rings. The molecular weight excluding hydrogens is 454 g/mol. The number of ether oxygens (including phenoxy) is 1. The van der Waals surface area contributed by atoms with Gasteiger partial charge in [-0.15, -0.1) is 6.58 Å².